The Morgan fingerprint density at radius 1 is 1.40 bits per heavy atom. The standard InChI is InChI=1S/C4H4BN3.C2H6.H2/c5-3-1-7-4(6)8-2-3;1-2;/h1-2H,(H2,6,7,8);1-2H3;1H. The summed E-state index contributed by atoms with van der Waals surface area (Å²) in [7, 11) is 5.25. The fraction of sp³-hybridized carbons (Fsp3) is 0.333. The van der Waals surface area contributed by atoms with Crippen LogP contribution in [0.15, 0.2) is 12.4 Å². The molecule has 0 aliphatic carbocycles. The van der Waals surface area contributed by atoms with Crippen molar-refractivity contribution in [3.8, 4) is 0 Å². The smallest absolute Gasteiger partial charge is 0.219 e. The molecule has 0 unspecified atom stereocenters. The molecule has 1 rings (SSSR count). The molecule has 0 atom stereocenters. The van der Waals surface area contributed by atoms with E-state index >= 15 is 0 Å². The first-order valence-corrected chi connectivity index (χ1v) is 3.12. The normalized spacial score (nSPS) is 7.80. The fourth-order valence-corrected chi connectivity index (χ4v) is 0.348. The van der Waals surface area contributed by atoms with Gasteiger partial charge in [-0.1, -0.05) is 19.3 Å². The monoisotopic (exact) mass is 137 g/mol. The van der Waals surface area contributed by atoms with Gasteiger partial charge in [0.25, 0.3) is 0 Å². The van der Waals surface area contributed by atoms with Crippen LogP contribution in [0.25, 0.3) is 0 Å². The summed E-state index contributed by atoms with van der Waals surface area (Å²) in [6, 6.07) is 0. The average molecular weight is 137 g/mol. The van der Waals surface area contributed by atoms with E-state index in [-0.39, 0.29) is 7.37 Å². The van der Waals surface area contributed by atoms with Gasteiger partial charge in [0.15, 0.2) is 0 Å². The third kappa shape index (κ3) is 3.07. The number of nitrogens with two attached hydrogens (primary N) is 1. The van der Waals surface area contributed by atoms with E-state index in [1.165, 1.54) is 12.4 Å². The Hall–Kier alpha value is -1.06. The van der Waals surface area contributed by atoms with Gasteiger partial charge in [-0.15, -0.1) is 0 Å². The highest BCUT2D eigenvalue weighted by Gasteiger charge is 1.82. The van der Waals surface area contributed by atoms with E-state index in [4.69, 9.17) is 13.6 Å². The summed E-state index contributed by atoms with van der Waals surface area (Å²) in [6.45, 7) is 4.00. The van der Waals surface area contributed by atoms with Crippen LogP contribution in [-0.2, 0) is 0 Å². The summed E-state index contributed by atoms with van der Waals surface area (Å²) in [5.74, 6) is 0.249. The van der Waals surface area contributed by atoms with Crippen LogP contribution in [0.1, 0.15) is 15.3 Å². The zero-order valence-electron chi connectivity index (χ0n) is 6.20. The number of nitrogen functional groups attached to an aromatic ring is 1. The van der Waals surface area contributed by atoms with Crippen molar-refractivity contribution in [2.75, 3.05) is 5.73 Å². The Bertz CT molecular complexity index is 157. The van der Waals surface area contributed by atoms with Gasteiger partial charge in [0.05, 0.1) is 0 Å². The molecule has 0 amide bonds. The Labute approximate surface area is 63.6 Å². The molecular formula is C6H12BN3. The second-order valence-electron chi connectivity index (χ2n) is 1.37. The SMILES string of the molecule is CC.[B]c1cnc(N)nc1.[HH]. The minimum atomic E-state index is 0. The van der Waals surface area contributed by atoms with Gasteiger partial charge in [-0.3, -0.25) is 0 Å². The molecule has 0 aromatic carbocycles. The summed E-state index contributed by atoms with van der Waals surface area (Å²) in [5.41, 5.74) is 5.68. The molecule has 0 aliphatic heterocycles. The van der Waals surface area contributed by atoms with Crippen molar-refractivity contribution in [3.63, 3.8) is 0 Å². The lowest BCUT2D eigenvalue weighted by Crippen LogP contribution is -2.06. The maximum atomic E-state index is 5.25. The minimum Gasteiger partial charge on any atom is -0.368 e. The third-order valence-corrected chi connectivity index (χ3v) is 0.692. The van der Waals surface area contributed by atoms with Crippen molar-refractivity contribution in [3.05, 3.63) is 12.4 Å². The van der Waals surface area contributed by atoms with Crippen molar-refractivity contribution in [2.24, 2.45) is 0 Å². The largest absolute Gasteiger partial charge is 0.368 e. The van der Waals surface area contributed by atoms with Gasteiger partial charge in [-0.05, 0) is 0 Å². The van der Waals surface area contributed by atoms with E-state index < -0.39 is 0 Å². The first kappa shape index (κ1) is 8.94. The number of hydrogen-bond donors (Lipinski definition) is 1. The van der Waals surface area contributed by atoms with Crippen LogP contribution in [0, 0.1) is 0 Å². The number of aromatic nitrogens is 2. The van der Waals surface area contributed by atoms with E-state index in [1.54, 1.807) is 0 Å². The van der Waals surface area contributed by atoms with Crippen LogP contribution in [-0.4, -0.2) is 17.8 Å². The number of nitrogens with zero attached hydrogens (tertiary/aromatic N) is 2. The van der Waals surface area contributed by atoms with Crippen LogP contribution in [0.2, 0.25) is 0 Å². The molecule has 4 heteroatoms. The van der Waals surface area contributed by atoms with Crippen LogP contribution in [0.3, 0.4) is 0 Å². The van der Waals surface area contributed by atoms with Gasteiger partial charge in [-0.2, -0.15) is 0 Å². The molecule has 0 saturated carbocycles. The van der Waals surface area contributed by atoms with E-state index in [2.05, 4.69) is 9.97 Å². The average Bonchev–Trinajstić information content (AvgIpc) is 2.00. The number of anilines is 1. The van der Waals surface area contributed by atoms with Gasteiger partial charge in [0.1, 0.15) is 7.85 Å². The molecule has 1 aromatic rings. The van der Waals surface area contributed by atoms with E-state index in [9.17, 15) is 0 Å². The summed E-state index contributed by atoms with van der Waals surface area (Å²) in [6.07, 6.45) is 2.92. The molecule has 0 saturated heterocycles. The van der Waals surface area contributed by atoms with Crippen LogP contribution < -0.4 is 11.2 Å². The molecule has 0 aliphatic rings. The zero-order chi connectivity index (χ0) is 7.98. The molecule has 0 bridgehead atoms. The first-order valence-electron chi connectivity index (χ1n) is 3.12. The molecule has 2 radical (unpaired) electrons. The topological polar surface area (TPSA) is 51.8 Å². The quantitative estimate of drug-likeness (QED) is 0.517. The van der Waals surface area contributed by atoms with Crippen molar-refractivity contribution in [1.82, 2.24) is 9.97 Å². The Kier molecular flexibility index (Phi) is 4.28. The van der Waals surface area contributed by atoms with Crippen molar-refractivity contribution in [1.29, 1.82) is 0 Å². The molecule has 3 nitrogen and oxygen atoms in total. The Balaban J connectivity index is 0. The lowest BCUT2D eigenvalue weighted by atomic mass is 10.0. The predicted octanol–water partition coefficient (Wildman–Crippen LogP) is 0.125. The molecule has 0 spiro atoms. The van der Waals surface area contributed by atoms with Crippen molar-refractivity contribution in [2.45, 2.75) is 13.8 Å². The predicted molar refractivity (Wildman–Crippen MR) is 45.3 cm³/mol. The zero-order valence-corrected chi connectivity index (χ0v) is 6.20. The second-order valence-corrected chi connectivity index (χ2v) is 1.37. The van der Waals surface area contributed by atoms with Gasteiger partial charge >= 0.3 is 0 Å². The maximum absolute atomic E-state index is 5.25. The molecule has 10 heavy (non-hydrogen) atoms. The highest BCUT2D eigenvalue weighted by atomic mass is 15.0. The molecular weight excluding hydrogens is 125 g/mol. The van der Waals surface area contributed by atoms with Gasteiger partial charge in [0, 0.05) is 13.8 Å². The van der Waals surface area contributed by atoms with E-state index in [0.717, 1.165) is 0 Å². The third-order valence-electron chi connectivity index (χ3n) is 0.692. The van der Waals surface area contributed by atoms with E-state index in [1.807, 2.05) is 13.8 Å². The van der Waals surface area contributed by atoms with E-state index in [0.29, 0.717) is 5.46 Å². The minimum absolute atomic E-state index is 0. The lowest BCUT2D eigenvalue weighted by Gasteiger charge is -1.88. The summed E-state index contributed by atoms with van der Waals surface area (Å²) < 4.78 is 0. The molecule has 2 N–H and O–H groups in total. The molecule has 1 heterocycles. The van der Waals surface area contributed by atoms with Gasteiger partial charge < -0.3 is 5.73 Å². The maximum Gasteiger partial charge on any atom is 0.219 e. The van der Waals surface area contributed by atoms with Crippen molar-refractivity contribution < 1.29 is 1.43 Å². The van der Waals surface area contributed by atoms with Crippen LogP contribution in [0.4, 0.5) is 5.95 Å². The van der Waals surface area contributed by atoms with Gasteiger partial charge in [0.2, 0.25) is 5.95 Å². The summed E-state index contributed by atoms with van der Waals surface area (Å²) in [4.78, 5) is 7.24. The van der Waals surface area contributed by atoms with Crippen LogP contribution in [0.5, 0.6) is 0 Å². The lowest BCUT2D eigenvalue weighted by molar-refractivity contribution is 1.20. The fourth-order valence-electron chi connectivity index (χ4n) is 0.348. The highest BCUT2D eigenvalue weighted by molar-refractivity contribution is 6.31. The molecule has 1 aromatic heterocycles. The number of hydrogen-bond acceptors (Lipinski definition) is 3. The second kappa shape index (κ2) is 4.79. The molecule has 54 valence electrons. The summed E-state index contributed by atoms with van der Waals surface area (Å²) >= 11 is 0. The van der Waals surface area contributed by atoms with Crippen LogP contribution >= 0.6 is 0 Å². The number of rotatable bonds is 0. The van der Waals surface area contributed by atoms with Crippen molar-refractivity contribution >= 4 is 19.3 Å². The Morgan fingerprint density at radius 2 is 1.80 bits per heavy atom. The molecule has 0 fully saturated rings. The van der Waals surface area contributed by atoms with Gasteiger partial charge in [-0.25, -0.2) is 9.97 Å². The first-order chi connectivity index (χ1) is 4.79. The summed E-state index contributed by atoms with van der Waals surface area (Å²) in [5, 5.41) is 0. The highest BCUT2D eigenvalue weighted by Crippen LogP contribution is 1.79. The Morgan fingerprint density at radius 3 is 2.10 bits per heavy atom.